The molecule has 70 valence electrons. The fraction of sp³-hybridized carbons (Fsp3) is 0.250. The zero-order valence-corrected chi connectivity index (χ0v) is 7.29. The van der Waals surface area contributed by atoms with Crippen LogP contribution in [0.15, 0.2) is 12.1 Å². The molecule has 0 aliphatic heterocycles. The van der Waals surface area contributed by atoms with Gasteiger partial charge in [0.05, 0.1) is 14.2 Å². The Bertz CT molecular complexity index is 298. The molecule has 0 aliphatic carbocycles. The molecular weight excluding hydrogens is 174 g/mol. The summed E-state index contributed by atoms with van der Waals surface area (Å²) in [5, 5.41) is 0. The Hall–Kier alpha value is -1.78. The first-order valence-electron chi connectivity index (χ1n) is 3.54. The molecule has 0 radical (unpaired) electrons. The second kappa shape index (κ2) is 3.75. The Morgan fingerprint density at radius 2 is 1.46 bits per heavy atom. The molecule has 0 atom stereocenters. The van der Waals surface area contributed by atoms with E-state index in [-0.39, 0.29) is 11.4 Å². The van der Waals surface area contributed by atoms with E-state index in [1.165, 1.54) is 26.4 Å². The lowest BCUT2D eigenvalue weighted by Gasteiger charge is -1.95. The maximum Gasteiger partial charge on any atom is 0.354 e. The number of nitrogens with one attached hydrogen (secondary N) is 1. The van der Waals surface area contributed by atoms with Crippen LogP contribution in [0.2, 0.25) is 0 Å². The first kappa shape index (κ1) is 9.31. The third kappa shape index (κ3) is 1.87. The van der Waals surface area contributed by atoms with Crippen molar-refractivity contribution in [3.05, 3.63) is 23.5 Å². The van der Waals surface area contributed by atoms with Crippen molar-refractivity contribution >= 4 is 11.9 Å². The van der Waals surface area contributed by atoms with Gasteiger partial charge in [0, 0.05) is 0 Å². The highest BCUT2D eigenvalue weighted by Gasteiger charge is 2.12. The van der Waals surface area contributed by atoms with Crippen LogP contribution < -0.4 is 0 Å². The summed E-state index contributed by atoms with van der Waals surface area (Å²) in [6.07, 6.45) is 0. The predicted molar refractivity (Wildman–Crippen MR) is 43.5 cm³/mol. The Morgan fingerprint density at radius 1 is 1.08 bits per heavy atom. The van der Waals surface area contributed by atoms with Crippen LogP contribution in [0.3, 0.4) is 0 Å². The fourth-order valence-corrected chi connectivity index (χ4v) is 0.853. The lowest BCUT2D eigenvalue weighted by atomic mass is 10.4. The minimum atomic E-state index is -0.518. The summed E-state index contributed by atoms with van der Waals surface area (Å²) in [4.78, 5) is 24.4. The van der Waals surface area contributed by atoms with Gasteiger partial charge in [0.25, 0.3) is 0 Å². The second-order valence-corrected chi connectivity index (χ2v) is 2.27. The van der Waals surface area contributed by atoms with Crippen molar-refractivity contribution in [1.29, 1.82) is 0 Å². The Labute approximate surface area is 74.7 Å². The SMILES string of the molecule is COC(=O)c1ccc(C(=O)OC)[nH]1. The van der Waals surface area contributed by atoms with E-state index in [2.05, 4.69) is 14.5 Å². The average Bonchev–Trinajstić information content (AvgIpc) is 2.64. The van der Waals surface area contributed by atoms with Gasteiger partial charge in [-0.15, -0.1) is 0 Å². The van der Waals surface area contributed by atoms with E-state index in [1.807, 2.05) is 0 Å². The number of hydrogen-bond donors (Lipinski definition) is 1. The Kier molecular flexibility index (Phi) is 2.69. The number of ether oxygens (including phenoxy) is 2. The predicted octanol–water partition coefficient (Wildman–Crippen LogP) is 0.588. The summed E-state index contributed by atoms with van der Waals surface area (Å²) in [5.41, 5.74) is 0.450. The summed E-state index contributed by atoms with van der Waals surface area (Å²) in [6, 6.07) is 2.91. The van der Waals surface area contributed by atoms with E-state index in [1.54, 1.807) is 0 Å². The van der Waals surface area contributed by atoms with Crippen molar-refractivity contribution in [2.24, 2.45) is 0 Å². The van der Waals surface area contributed by atoms with Crippen molar-refractivity contribution in [2.45, 2.75) is 0 Å². The van der Waals surface area contributed by atoms with Gasteiger partial charge >= 0.3 is 11.9 Å². The quantitative estimate of drug-likeness (QED) is 0.681. The molecule has 0 unspecified atom stereocenters. The third-order valence-electron chi connectivity index (χ3n) is 1.50. The monoisotopic (exact) mass is 183 g/mol. The number of carbonyl (C=O) groups is 2. The summed E-state index contributed by atoms with van der Waals surface area (Å²) in [6.45, 7) is 0. The van der Waals surface area contributed by atoms with Crippen molar-refractivity contribution < 1.29 is 19.1 Å². The number of hydrogen-bond acceptors (Lipinski definition) is 4. The number of aromatic nitrogens is 1. The van der Waals surface area contributed by atoms with E-state index in [0.717, 1.165) is 0 Å². The van der Waals surface area contributed by atoms with Gasteiger partial charge in [-0.25, -0.2) is 9.59 Å². The lowest BCUT2D eigenvalue weighted by Crippen LogP contribution is -2.05. The van der Waals surface area contributed by atoms with Crippen LogP contribution in [0.4, 0.5) is 0 Å². The van der Waals surface area contributed by atoms with Gasteiger partial charge < -0.3 is 14.5 Å². The van der Waals surface area contributed by atoms with E-state index < -0.39 is 11.9 Å². The molecule has 0 saturated carbocycles. The highest BCUT2D eigenvalue weighted by molar-refractivity contribution is 5.92. The largest absolute Gasteiger partial charge is 0.464 e. The molecular formula is C8H9NO4. The van der Waals surface area contributed by atoms with Crippen LogP contribution in [-0.4, -0.2) is 31.1 Å². The molecule has 5 nitrogen and oxygen atoms in total. The molecule has 1 aromatic heterocycles. The van der Waals surface area contributed by atoms with Crippen LogP contribution >= 0.6 is 0 Å². The summed E-state index contributed by atoms with van der Waals surface area (Å²) < 4.78 is 8.88. The van der Waals surface area contributed by atoms with Crippen LogP contribution in [0.1, 0.15) is 21.0 Å². The second-order valence-electron chi connectivity index (χ2n) is 2.27. The first-order chi connectivity index (χ1) is 6.19. The highest BCUT2D eigenvalue weighted by atomic mass is 16.5. The summed E-state index contributed by atoms with van der Waals surface area (Å²) in [7, 11) is 2.53. The number of methoxy groups -OCH3 is 2. The molecule has 0 spiro atoms. The summed E-state index contributed by atoms with van der Waals surface area (Å²) in [5.74, 6) is -1.04. The number of H-pyrrole nitrogens is 1. The first-order valence-corrected chi connectivity index (χ1v) is 3.54. The molecule has 1 N–H and O–H groups in total. The zero-order chi connectivity index (χ0) is 9.84. The number of esters is 2. The van der Waals surface area contributed by atoms with Gasteiger partial charge in [0.1, 0.15) is 11.4 Å². The van der Waals surface area contributed by atoms with Gasteiger partial charge in [0.15, 0.2) is 0 Å². The summed E-state index contributed by atoms with van der Waals surface area (Å²) >= 11 is 0. The fourth-order valence-electron chi connectivity index (χ4n) is 0.853. The normalized spacial score (nSPS) is 9.38. The van der Waals surface area contributed by atoms with Crippen molar-refractivity contribution in [3.63, 3.8) is 0 Å². The van der Waals surface area contributed by atoms with Gasteiger partial charge in [-0.05, 0) is 12.1 Å². The lowest BCUT2D eigenvalue weighted by molar-refractivity contribution is 0.0590. The van der Waals surface area contributed by atoms with Crippen LogP contribution in [0.5, 0.6) is 0 Å². The van der Waals surface area contributed by atoms with Gasteiger partial charge in [-0.2, -0.15) is 0 Å². The number of carbonyl (C=O) groups excluding carboxylic acids is 2. The molecule has 0 fully saturated rings. The molecule has 1 heterocycles. The van der Waals surface area contributed by atoms with Crippen molar-refractivity contribution in [1.82, 2.24) is 4.98 Å². The van der Waals surface area contributed by atoms with E-state index in [9.17, 15) is 9.59 Å². The molecule has 5 heteroatoms. The van der Waals surface area contributed by atoms with Crippen molar-refractivity contribution in [2.75, 3.05) is 14.2 Å². The highest BCUT2D eigenvalue weighted by Crippen LogP contribution is 2.04. The third-order valence-corrected chi connectivity index (χ3v) is 1.50. The van der Waals surface area contributed by atoms with Crippen LogP contribution in [0, 0.1) is 0 Å². The van der Waals surface area contributed by atoms with Gasteiger partial charge in [0.2, 0.25) is 0 Å². The minimum absolute atomic E-state index is 0.225. The van der Waals surface area contributed by atoms with E-state index >= 15 is 0 Å². The maximum atomic E-state index is 10.9. The molecule has 0 aliphatic rings. The molecule has 1 rings (SSSR count). The molecule has 13 heavy (non-hydrogen) atoms. The molecule has 1 aromatic rings. The van der Waals surface area contributed by atoms with Crippen LogP contribution in [-0.2, 0) is 9.47 Å². The van der Waals surface area contributed by atoms with Gasteiger partial charge in [-0.1, -0.05) is 0 Å². The average molecular weight is 183 g/mol. The van der Waals surface area contributed by atoms with Gasteiger partial charge in [-0.3, -0.25) is 0 Å². The molecule has 0 saturated heterocycles. The smallest absolute Gasteiger partial charge is 0.354 e. The van der Waals surface area contributed by atoms with Crippen molar-refractivity contribution in [3.8, 4) is 0 Å². The number of aromatic amines is 1. The molecule has 0 aromatic carbocycles. The zero-order valence-electron chi connectivity index (χ0n) is 7.29. The number of rotatable bonds is 2. The van der Waals surface area contributed by atoms with Crippen LogP contribution in [0.25, 0.3) is 0 Å². The Balaban J connectivity index is 2.86. The molecule has 0 bridgehead atoms. The van der Waals surface area contributed by atoms with E-state index in [0.29, 0.717) is 0 Å². The Morgan fingerprint density at radius 3 is 1.77 bits per heavy atom. The minimum Gasteiger partial charge on any atom is -0.464 e. The standard InChI is InChI=1S/C8H9NO4/c1-12-7(10)5-3-4-6(9-5)8(11)13-2/h3-4,9H,1-2H3. The molecule has 0 amide bonds. The topological polar surface area (TPSA) is 68.4 Å². The maximum absolute atomic E-state index is 10.9. The van der Waals surface area contributed by atoms with E-state index in [4.69, 9.17) is 0 Å².